The molecule has 3 aromatic rings. The standard InChI is InChI=1S/C17H13NO/c19-17(13-6-2-1-3-7-13)11-16-10-14-8-4-5-9-15(14)12-18-16/h1-10,12H,11H2. The van der Waals surface area contributed by atoms with E-state index in [2.05, 4.69) is 4.98 Å². The molecule has 0 spiro atoms. The van der Waals surface area contributed by atoms with Gasteiger partial charge in [-0.05, 0) is 11.5 Å². The van der Waals surface area contributed by atoms with Gasteiger partial charge >= 0.3 is 0 Å². The first-order valence-electron chi connectivity index (χ1n) is 6.25. The van der Waals surface area contributed by atoms with E-state index in [0.717, 1.165) is 22.0 Å². The molecule has 0 aliphatic heterocycles. The second-order valence-corrected chi connectivity index (χ2v) is 4.49. The normalized spacial score (nSPS) is 10.5. The average molecular weight is 247 g/mol. The molecule has 0 radical (unpaired) electrons. The average Bonchev–Trinajstić information content (AvgIpc) is 2.48. The van der Waals surface area contributed by atoms with Crippen LogP contribution in [-0.4, -0.2) is 10.8 Å². The van der Waals surface area contributed by atoms with Crippen molar-refractivity contribution in [3.63, 3.8) is 0 Å². The van der Waals surface area contributed by atoms with Gasteiger partial charge in [0.05, 0.1) is 6.42 Å². The zero-order chi connectivity index (χ0) is 13.1. The van der Waals surface area contributed by atoms with Gasteiger partial charge in [0, 0.05) is 22.8 Å². The first kappa shape index (κ1) is 11.6. The minimum Gasteiger partial charge on any atom is -0.294 e. The molecule has 0 bridgehead atoms. The summed E-state index contributed by atoms with van der Waals surface area (Å²) >= 11 is 0. The number of Topliss-reactive ketones (excluding diaryl/α,β-unsaturated/α-hetero) is 1. The highest BCUT2D eigenvalue weighted by Gasteiger charge is 2.07. The molecule has 0 amide bonds. The minimum absolute atomic E-state index is 0.100. The number of pyridine rings is 1. The SMILES string of the molecule is O=C(Cc1cc2ccccc2cn1)c1ccccc1. The molecule has 0 saturated heterocycles. The van der Waals surface area contributed by atoms with Crippen LogP contribution in [0.15, 0.2) is 66.9 Å². The summed E-state index contributed by atoms with van der Waals surface area (Å²) in [7, 11) is 0. The van der Waals surface area contributed by atoms with Gasteiger partial charge in [0.1, 0.15) is 0 Å². The van der Waals surface area contributed by atoms with E-state index in [1.807, 2.05) is 66.9 Å². The Hall–Kier alpha value is -2.48. The fraction of sp³-hybridized carbons (Fsp3) is 0.0588. The van der Waals surface area contributed by atoms with E-state index in [1.54, 1.807) is 0 Å². The van der Waals surface area contributed by atoms with Gasteiger partial charge in [0.25, 0.3) is 0 Å². The maximum atomic E-state index is 12.1. The molecule has 2 heteroatoms. The van der Waals surface area contributed by atoms with E-state index in [4.69, 9.17) is 0 Å². The van der Waals surface area contributed by atoms with Crippen LogP contribution < -0.4 is 0 Å². The number of hydrogen-bond donors (Lipinski definition) is 0. The Morgan fingerprint density at radius 3 is 2.37 bits per heavy atom. The third kappa shape index (κ3) is 2.52. The number of ketones is 1. The molecule has 1 aromatic heterocycles. The second-order valence-electron chi connectivity index (χ2n) is 4.49. The van der Waals surface area contributed by atoms with Crippen LogP contribution in [0.1, 0.15) is 16.1 Å². The van der Waals surface area contributed by atoms with Crippen LogP contribution in [0, 0.1) is 0 Å². The molecular weight excluding hydrogens is 234 g/mol. The van der Waals surface area contributed by atoms with Crippen molar-refractivity contribution >= 4 is 16.6 Å². The molecule has 0 aliphatic rings. The monoisotopic (exact) mass is 247 g/mol. The number of benzene rings is 2. The Balaban J connectivity index is 1.87. The lowest BCUT2D eigenvalue weighted by molar-refractivity contribution is 0.0992. The van der Waals surface area contributed by atoms with E-state index in [-0.39, 0.29) is 5.78 Å². The third-order valence-corrected chi connectivity index (χ3v) is 3.13. The molecule has 0 aliphatic carbocycles. The number of carbonyl (C=O) groups excluding carboxylic acids is 1. The number of carbonyl (C=O) groups is 1. The molecule has 19 heavy (non-hydrogen) atoms. The third-order valence-electron chi connectivity index (χ3n) is 3.13. The van der Waals surface area contributed by atoms with Crippen molar-refractivity contribution in [3.05, 3.63) is 78.1 Å². The Kier molecular flexibility index (Phi) is 3.07. The number of aromatic nitrogens is 1. The van der Waals surface area contributed by atoms with Crippen molar-refractivity contribution < 1.29 is 4.79 Å². The summed E-state index contributed by atoms with van der Waals surface area (Å²) in [5, 5.41) is 2.21. The summed E-state index contributed by atoms with van der Waals surface area (Å²) in [5.74, 6) is 0.100. The van der Waals surface area contributed by atoms with Gasteiger partial charge in [-0.15, -0.1) is 0 Å². The summed E-state index contributed by atoms with van der Waals surface area (Å²) in [6.45, 7) is 0. The quantitative estimate of drug-likeness (QED) is 0.661. The minimum atomic E-state index is 0.100. The first-order valence-corrected chi connectivity index (χ1v) is 6.25. The van der Waals surface area contributed by atoms with Crippen LogP contribution in [0.5, 0.6) is 0 Å². The van der Waals surface area contributed by atoms with Crippen LogP contribution in [-0.2, 0) is 6.42 Å². The van der Waals surface area contributed by atoms with Crippen molar-refractivity contribution in [2.75, 3.05) is 0 Å². The van der Waals surface area contributed by atoms with E-state index in [0.29, 0.717) is 6.42 Å². The van der Waals surface area contributed by atoms with Gasteiger partial charge in [-0.3, -0.25) is 9.78 Å². The van der Waals surface area contributed by atoms with E-state index >= 15 is 0 Å². The van der Waals surface area contributed by atoms with E-state index in [1.165, 1.54) is 0 Å². The van der Waals surface area contributed by atoms with Crippen LogP contribution in [0.4, 0.5) is 0 Å². The number of nitrogens with zero attached hydrogens (tertiary/aromatic N) is 1. The van der Waals surface area contributed by atoms with Crippen LogP contribution in [0.3, 0.4) is 0 Å². The van der Waals surface area contributed by atoms with Gasteiger partial charge in [-0.1, -0.05) is 54.6 Å². The van der Waals surface area contributed by atoms with Gasteiger partial charge in [0.15, 0.2) is 5.78 Å². The molecule has 0 atom stereocenters. The summed E-state index contributed by atoms with van der Waals surface area (Å²) < 4.78 is 0. The Bertz CT molecular complexity index is 719. The van der Waals surface area contributed by atoms with Gasteiger partial charge in [0.2, 0.25) is 0 Å². The highest BCUT2D eigenvalue weighted by molar-refractivity contribution is 5.97. The lowest BCUT2D eigenvalue weighted by atomic mass is 10.0. The van der Waals surface area contributed by atoms with E-state index < -0.39 is 0 Å². The molecule has 92 valence electrons. The summed E-state index contributed by atoms with van der Waals surface area (Å²) in [4.78, 5) is 16.5. The van der Waals surface area contributed by atoms with E-state index in [9.17, 15) is 4.79 Å². The van der Waals surface area contributed by atoms with Crippen LogP contribution in [0.25, 0.3) is 10.8 Å². The largest absolute Gasteiger partial charge is 0.294 e. The fourth-order valence-electron chi connectivity index (χ4n) is 2.12. The van der Waals surface area contributed by atoms with Crippen molar-refractivity contribution in [2.24, 2.45) is 0 Å². The number of fused-ring (bicyclic) bond motifs is 1. The lowest BCUT2D eigenvalue weighted by Crippen LogP contribution is -2.04. The molecule has 0 N–H and O–H groups in total. The van der Waals surface area contributed by atoms with Gasteiger partial charge in [-0.2, -0.15) is 0 Å². The topological polar surface area (TPSA) is 30.0 Å². The van der Waals surface area contributed by atoms with Gasteiger partial charge < -0.3 is 0 Å². The number of hydrogen-bond acceptors (Lipinski definition) is 2. The molecule has 0 fully saturated rings. The molecule has 3 rings (SSSR count). The smallest absolute Gasteiger partial charge is 0.168 e. The zero-order valence-corrected chi connectivity index (χ0v) is 10.4. The maximum Gasteiger partial charge on any atom is 0.168 e. The van der Waals surface area contributed by atoms with Crippen molar-refractivity contribution in [1.82, 2.24) is 4.98 Å². The fourth-order valence-corrected chi connectivity index (χ4v) is 2.12. The van der Waals surface area contributed by atoms with Crippen molar-refractivity contribution in [2.45, 2.75) is 6.42 Å². The molecule has 1 heterocycles. The predicted molar refractivity (Wildman–Crippen MR) is 76.2 cm³/mol. The van der Waals surface area contributed by atoms with Crippen molar-refractivity contribution in [1.29, 1.82) is 0 Å². The second kappa shape index (κ2) is 5.02. The Morgan fingerprint density at radius 2 is 1.58 bits per heavy atom. The molecule has 2 aromatic carbocycles. The van der Waals surface area contributed by atoms with Crippen molar-refractivity contribution in [3.8, 4) is 0 Å². The van der Waals surface area contributed by atoms with Gasteiger partial charge in [-0.25, -0.2) is 0 Å². The highest BCUT2D eigenvalue weighted by atomic mass is 16.1. The zero-order valence-electron chi connectivity index (χ0n) is 10.4. The number of rotatable bonds is 3. The lowest BCUT2D eigenvalue weighted by Gasteiger charge is -2.03. The molecule has 2 nitrogen and oxygen atoms in total. The molecular formula is C17H13NO. The molecule has 0 unspecified atom stereocenters. The summed E-state index contributed by atoms with van der Waals surface area (Å²) in [6, 6.07) is 19.3. The highest BCUT2D eigenvalue weighted by Crippen LogP contribution is 2.14. The molecule has 0 saturated carbocycles. The Morgan fingerprint density at radius 1 is 0.895 bits per heavy atom. The maximum absolute atomic E-state index is 12.1. The van der Waals surface area contributed by atoms with Crippen LogP contribution >= 0.6 is 0 Å². The first-order chi connectivity index (χ1) is 9.33. The Labute approximate surface area is 111 Å². The summed E-state index contributed by atoms with van der Waals surface area (Å²) in [5.41, 5.74) is 1.55. The summed E-state index contributed by atoms with van der Waals surface area (Å²) in [6.07, 6.45) is 2.16. The predicted octanol–water partition coefficient (Wildman–Crippen LogP) is 3.66. The van der Waals surface area contributed by atoms with Crippen LogP contribution in [0.2, 0.25) is 0 Å².